The number of methoxy groups -OCH3 is 1. The number of nitrogens with zero attached hydrogens (tertiary/aromatic N) is 2. The molecule has 0 radical (unpaired) electrons. The molecule has 0 aromatic heterocycles. The van der Waals surface area contributed by atoms with E-state index in [2.05, 4.69) is 5.32 Å². The van der Waals surface area contributed by atoms with Gasteiger partial charge in [0.2, 0.25) is 5.91 Å². The van der Waals surface area contributed by atoms with Gasteiger partial charge in [0.05, 0.1) is 21.8 Å². The Balaban J connectivity index is 1.65. The van der Waals surface area contributed by atoms with Crippen molar-refractivity contribution in [2.24, 2.45) is 0 Å². The number of aliphatic hydroxyl groups is 1. The number of β-amino-alcohol motifs (C(OH)–C–C–N with tert-alkyl or cyclic N) is 1. The topological polar surface area (TPSA) is 74.3 Å². The number of hydrogen-bond acceptors (Lipinski definition) is 6. The van der Waals surface area contributed by atoms with E-state index < -0.39 is 31.9 Å². The van der Waals surface area contributed by atoms with Gasteiger partial charge in [0, 0.05) is 41.1 Å². The highest BCUT2D eigenvalue weighted by atomic mass is 16.5. The SMILES string of the molecule is [2H]C([2H])([2H])Oc1ccccc1OC([2H])([2H])C([2H])(O)C([2H])([2H])N1CCN(CC(=O)Nc2c(C)cccc2C)CC1. The van der Waals surface area contributed by atoms with Crippen LogP contribution in [-0.4, -0.2) is 79.7 Å². The molecule has 3 rings (SSSR count). The number of amides is 1. The molecule has 1 saturated heterocycles. The Morgan fingerprint density at radius 2 is 1.77 bits per heavy atom. The first-order valence-electron chi connectivity index (χ1n) is 14.0. The summed E-state index contributed by atoms with van der Waals surface area (Å²) in [7, 11) is -2.87. The van der Waals surface area contributed by atoms with Crippen LogP contribution < -0.4 is 14.8 Å². The second kappa shape index (κ2) is 11.1. The zero-order valence-electron chi connectivity index (χ0n) is 25.6. The molecule has 0 saturated carbocycles. The second-order valence-corrected chi connectivity index (χ2v) is 7.29. The molecule has 7 nitrogen and oxygen atoms in total. The maximum Gasteiger partial charge on any atom is 0.238 e. The molecule has 2 N–H and O–H groups in total. The highest BCUT2D eigenvalue weighted by Gasteiger charge is 2.21. The summed E-state index contributed by atoms with van der Waals surface area (Å²) in [6.07, 6.45) is -3.45. The summed E-state index contributed by atoms with van der Waals surface area (Å²) in [5.41, 5.74) is 2.60. The standard InChI is InChI=1S/C24H33N3O4/c1-18-7-6-8-19(2)24(18)25-23(29)16-27-13-11-26(12-14-27)15-20(28)17-31-22-10-5-4-9-21(22)30-3/h4-10,20,28H,11-17H2,1-3H3,(H,25,29)/i3D3,15D2,17D2,20D. The van der Waals surface area contributed by atoms with Gasteiger partial charge in [-0.2, -0.15) is 0 Å². The van der Waals surface area contributed by atoms with Crippen LogP contribution in [0.4, 0.5) is 5.69 Å². The van der Waals surface area contributed by atoms with Crippen LogP contribution in [0.1, 0.15) is 22.1 Å². The number of anilines is 1. The average molecular weight is 436 g/mol. The third-order valence-corrected chi connectivity index (χ3v) is 4.97. The predicted octanol–water partition coefficient (Wildman–Crippen LogP) is 2.31. The minimum Gasteiger partial charge on any atom is -0.493 e. The molecule has 0 aliphatic carbocycles. The van der Waals surface area contributed by atoms with Crippen molar-refractivity contribution in [1.29, 1.82) is 0 Å². The number of benzene rings is 2. The quantitative estimate of drug-likeness (QED) is 0.630. The van der Waals surface area contributed by atoms with E-state index >= 15 is 0 Å². The smallest absolute Gasteiger partial charge is 0.238 e. The van der Waals surface area contributed by atoms with E-state index in [-0.39, 0.29) is 44.4 Å². The molecule has 2 aromatic carbocycles. The number of para-hydroxylation sites is 3. The van der Waals surface area contributed by atoms with E-state index in [9.17, 15) is 9.90 Å². The van der Waals surface area contributed by atoms with Crippen molar-refractivity contribution in [3.63, 3.8) is 0 Å². The van der Waals surface area contributed by atoms with Crippen molar-refractivity contribution in [3.05, 3.63) is 53.6 Å². The Bertz CT molecular complexity index is 1150. The van der Waals surface area contributed by atoms with Crippen molar-refractivity contribution in [2.75, 3.05) is 58.1 Å². The average Bonchev–Trinajstić information content (AvgIpc) is 2.82. The van der Waals surface area contributed by atoms with E-state index in [0.29, 0.717) is 0 Å². The lowest BCUT2D eigenvalue weighted by molar-refractivity contribution is -0.117. The lowest BCUT2D eigenvalue weighted by atomic mass is 10.1. The molecule has 1 atom stereocenters. The van der Waals surface area contributed by atoms with Crippen LogP contribution in [0, 0.1) is 13.8 Å². The van der Waals surface area contributed by atoms with E-state index in [1.807, 2.05) is 32.0 Å². The van der Waals surface area contributed by atoms with Crippen LogP contribution in [-0.2, 0) is 4.79 Å². The van der Waals surface area contributed by atoms with Gasteiger partial charge >= 0.3 is 0 Å². The number of carbonyl (C=O) groups is 1. The highest BCUT2D eigenvalue weighted by molar-refractivity contribution is 5.93. The Morgan fingerprint density at radius 3 is 2.45 bits per heavy atom. The largest absolute Gasteiger partial charge is 0.493 e. The van der Waals surface area contributed by atoms with E-state index in [1.54, 1.807) is 4.90 Å². The van der Waals surface area contributed by atoms with Gasteiger partial charge in [-0.25, -0.2) is 0 Å². The Morgan fingerprint density at radius 1 is 1.13 bits per heavy atom. The van der Waals surface area contributed by atoms with E-state index in [4.69, 9.17) is 20.4 Å². The molecule has 168 valence electrons. The van der Waals surface area contributed by atoms with Gasteiger partial charge in [0.1, 0.15) is 12.6 Å². The van der Waals surface area contributed by atoms with Gasteiger partial charge < -0.3 is 19.9 Å². The molecule has 7 heteroatoms. The first kappa shape index (κ1) is 14.5. The minimum absolute atomic E-state index is 0.000308. The third-order valence-electron chi connectivity index (χ3n) is 4.97. The monoisotopic (exact) mass is 435 g/mol. The van der Waals surface area contributed by atoms with Crippen molar-refractivity contribution in [2.45, 2.75) is 19.9 Å². The predicted molar refractivity (Wildman–Crippen MR) is 122 cm³/mol. The summed E-state index contributed by atoms with van der Waals surface area (Å²) in [5, 5.41) is 13.8. The van der Waals surface area contributed by atoms with Crippen molar-refractivity contribution < 1.29 is 30.3 Å². The maximum atomic E-state index is 12.6. The van der Waals surface area contributed by atoms with Gasteiger partial charge in [0.15, 0.2) is 11.5 Å². The molecular weight excluding hydrogens is 394 g/mol. The van der Waals surface area contributed by atoms with Gasteiger partial charge in [-0.3, -0.25) is 14.6 Å². The lowest BCUT2D eigenvalue weighted by Gasteiger charge is -2.35. The fourth-order valence-electron chi connectivity index (χ4n) is 3.31. The number of carbonyl (C=O) groups excluding carboxylic acids is 1. The fourth-order valence-corrected chi connectivity index (χ4v) is 3.31. The highest BCUT2D eigenvalue weighted by Crippen LogP contribution is 2.25. The van der Waals surface area contributed by atoms with Crippen molar-refractivity contribution in [3.8, 4) is 11.5 Å². The summed E-state index contributed by atoms with van der Waals surface area (Å²) < 4.78 is 73.4. The number of rotatable bonds is 9. The van der Waals surface area contributed by atoms with Crippen LogP contribution >= 0.6 is 0 Å². The van der Waals surface area contributed by atoms with Gasteiger partial charge in [-0.05, 0) is 37.1 Å². The van der Waals surface area contributed by atoms with Crippen LogP contribution in [0.25, 0.3) is 0 Å². The van der Waals surface area contributed by atoms with Gasteiger partial charge in [-0.1, -0.05) is 30.3 Å². The first-order chi connectivity index (χ1) is 17.9. The second-order valence-electron chi connectivity index (χ2n) is 7.29. The molecule has 1 aliphatic rings. The van der Waals surface area contributed by atoms with Crippen LogP contribution in [0.5, 0.6) is 11.5 Å². The summed E-state index contributed by atoms with van der Waals surface area (Å²) in [4.78, 5) is 15.5. The molecular formula is C24H33N3O4. The molecule has 1 amide bonds. The molecule has 31 heavy (non-hydrogen) atoms. The number of hydrogen-bond donors (Lipinski definition) is 2. The number of aryl methyl sites for hydroxylation is 2. The molecule has 1 aliphatic heterocycles. The maximum absolute atomic E-state index is 12.6. The van der Waals surface area contributed by atoms with Crippen molar-refractivity contribution >= 4 is 11.6 Å². The molecule has 1 heterocycles. The van der Waals surface area contributed by atoms with Crippen LogP contribution in [0.15, 0.2) is 42.5 Å². The number of ether oxygens (including phenoxy) is 2. The summed E-state index contributed by atoms with van der Waals surface area (Å²) in [5.74, 6) is -1.01. The Kier molecular flexibility index (Phi) is 5.19. The Hall–Kier alpha value is -2.61. The van der Waals surface area contributed by atoms with E-state index in [0.717, 1.165) is 21.7 Å². The zero-order valence-corrected chi connectivity index (χ0v) is 17.6. The van der Waals surface area contributed by atoms with Crippen LogP contribution in [0.3, 0.4) is 0 Å². The molecule has 1 unspecified atom stereocenters. The lowest BCUT2D eigenvalue weighted by Crippen LogP contribution is -2.50. The number of nitrogens with one attached hydrogen (secondary N) is 1. The number of piperazine rings is 1. The molecule has 1 fully saturated rings. The zero-order chi connectivity index (χ0) is 29.2. The normalized spacial score (nSPS) is 22.2. The molecule has 2 aromatic rings. The van der Waals surface area contributed by atoms with E-state index in [1.165, 1.54) is 24.3 Å². The van der Waals surface area contributed by atoms with Gasteiger partial charge in [-0.15, -0.1) is 0 Å². The Labute approximate surface area is 195 Å². The molecule has 0 bridgehead atoms. The van der Waals surface area contributed by atoms with Gasteiger partial charge in [0.25, 0.3) is 0 Å². The summed E-state index contributed by atoms with van der Waals surface area (Å²) >= 11 is 0. The fraction of sp³-hybridized carbons (Fsp3) is 0.458. The minimum atomic E-state index is -3.45. The van der Waals surface area contributed by atoms with Crippen molar-refractivity contribution in [1.82, 2.24) is 9.80 Å². The third kappa shape index (κ3) is 6.69. The summed E-state index contributed by atoms with van der Waals surface area (Å²) in [6, 6.07) is 10.9. The first-order valence-corrected chi connectivity index (χ1v) is 9.97. The molecule has 0 spiro atoms. The van der Waals surface area contributed by atoms with Crippen LogP contribution in [0.2, 0.25) is 0 Å². The summed E-state index contributed by atoms with van der Waals surface area (Å²) in [6.45, 7) is -1.95.